The smallest absolute Gasteiger partial charge is 0.315 e. The number of fused-ring (bicyclic) bond motifs is 1. The van der Waals surface area contributed by atoms with Gasteiger partial charge in [0.05, 0.1) is 38.5 Å². The first-order valence-electron chi connectivity index (χ1n) is 17.0. The van der Waals surface area contributed by atoms with Crippen LogP contribution in [-0.4, -0.2) is 124 Å². The van der Waals surface area contributed by atoms with Crippen LogP contribution in [0.5, 0.6) is 0 Å². The van der Waals surface area contributed by atoms with Crippen LogP contribution in [0.25, 0.3) is 23.0 Å². The molecule has 1 aromatic carbocycles. The van der Waals surface area contributed by atoms with Gasteiger partial charge in [-0.1, -0.05) is 18.6 Å². The van der Waals surface area contributed by atoms with E-state index in [1.807, 2.05) is 11.8 Å². The van der Waals surface area contributed by atoms with Gasteiger partial charge in [0.25, 0.3) is 5.91 Å². The predicted octanol–water partition coefficient (Wildman–Crippen LogP) is 1.79. The summed E-state index contributed by atoms with van der Waals surface area (Å²) in [7, 11) is 0. The molecule has 4 amide bonds. The molecule has 2 saturated heterocycles. The van der Waals surface area contributed by atoms with Gasteiger partial charge in [-0.25, -0.2) is 14.8 Å². The van der Waals surface area contributed by atoms with Crippen molar-refractivity contribution in [2.45, 2.75) is 55.9 Å². The zero-order valence-electron chi connectivity index (χ0n) is 27.9. The van der Waals surface area contributed by atoms with Crippen LogP contribution < -0.4 is 21.3 Å². The summed E-state index contributed by atoms with van der Waals surface area (Å²) in [5.41, 5.74) is 1.20. The Hall–Kier alpha value is -4.32. The van der Waals surface area contributed by atoms with Gasteiger partial charge in [-0.15, -0.1) is 20.4 Å². The van der Waals surface area contributed by atoms with Crippen molar-refractivity contribution in [1.29, 1.82) is 0 Å². The molecule has 268 valence electrons. The quantitative estimate of drug-likeness (QED) is 0.0870. The molecule has 2 aliphatic rings. The number of ether oxygens (including phenoxy) is 3. The minimum absolute atomic E-state index is 0.0618. The molecular weight excluding hydrogens is 664 g/mol. The Balaban J connectivity index is 0.786. The second-order valence-electron chi connectivity index (χ2n) is 11.7. The molecule has 2 fully saturated rings. The number of nitrogens with zero attached hydrogens (tertiary/aromatic N) is 6. The number of carbonyl (C=O) groups is 3. The Morgan fingerprint density at radius 1 is 0.760 bits per heavy atom. The number of rotatable bonds is 22. The molecule has 3 aromatic rings. The minimum Gasteiger partial charge on any atom is -0.379 e. The highest BCUT2D eigenvalue weighted by Crippen LogP contribution is 2.33. The van der Waals surface area contributed by atoms with E-state index >= 15 is 0 Å². The van der Waals surface area contributed by atoms with Gasteiger partial charge in [-0.05, 0) is 43.9 Å². The predicted molar refractivity (Wildman–Crippen MR) is 185 cm³/mol. The second kappa shape index (κ2) is 20.4. The first-order chi connectivity index (χ1) is 24.6. The largest absolute Gasteiger partial charge is 0.379 e. The van der Waals surface area contributed by atoms with Crippen molar-refractivity contribution in [3.8, 4) is 23.0 Å². The van der Waals surface area contributed by atoms with Crippen LogP contribution >= 0.6 is 11.8 Å². The van der Waals surface area contributed by atoms with E-state index in [4.69, 9.17) is 14.2 Å². The maximum absolute atomic E-state index is 12.5. The van der Waals surface area contributed by atoms with E-state index in [9.17, 15) is 14.4 Å². The van der Waals surface area contributed by atoms with E-state index in [1.165, 1.54) is 0 Å². The molecular formula is C33H44N10O6S. The third kappa shape index (κ3) is 11.9. The van der Waals surface area contributed by atoms with Gasteiger partial charge in [0, 0.05) is 67.2 Å². The molecule has 2 aliphatic heterocycles. The highest BCUT2D eigenvalue weighted by molar-refractivity contribution is 8.00. The lowest BCUT2D eigenvalue weighted by Gasteiger charge is -2.16. The summed E-state index contributed by atoms with van der Waals surface area (Å²) in [5.74, 6) is 1.75. The summed E-state index contributed by atoms with van der Waals surface area (Å²) in [5, 5.41) is 28.5. The van der Waals surface area contributed by atoms with Crippen molar-refractivity contribution in [3.05, 3.63) is 48.3 Å². The van der Waals surface area contributed by atoms with E-state index < -0.39 is 0 Å². The molecule has 16 nitrogen and oxygen atoms in total. The molecule has 2 aromatic heterocycles. The fraction of sp³-hybridized carbons (Fsp3) is 0.545. The molecule has 0 unspecified atom stereocenters. The number of unbranched alkanes of at least 4 members (excludes halogenated alkanes) is 1. The van der Waals surface area contributed by atoms with Crippen LogP contribution in [0.4, 0.5) is 4.79 Å². The van der Waals surface area contributed by atoms with E-state index in [1.54, 1.807) is 42.7 Å². The zero-order chi connectivity index (χ0) is 34.8. The van der Waals surface area contributed by atoms with E-state index in [0.29, 0.717) is 93.6 Å². The van der Waals surface area contributed by atoms with Gasteiger partial charge < -0.3 is 35.5 Å². The van der Waals surface area contributed by atoms with Crippen molar-refractivity contribution < 1.29 is 28.6 Å². The number of carbonyl (C=O) groups excluding carboxylic acids is 3. The summed E-state index contributed by atoms with van der Waals surface area (Å²) in [4.78, 5) is 44.2. The Morgan fingerprint density at radius 2 is 1.40 bits per heavy atom. The van der Waals surface area contributed by atoms with Gasteiger partial charge in [-0.2, -0.15) is 11.8 Å². The second-order valence-corrected chi connectivity index (χ2v) is 13.0. The average molecular weight is 709 g/mol. The molecule has 0 spiro atoms. The van der Waals surface area contributed by atoms with Crippen LogP contribution in [0.2, 0.25) is 0 Å². The number of urea groups is 1. The summed E-state index contributed by atoms with van der Waals surface area (Å²) in [6.07, 6.45) is 7.96. The molecule has 5 rings (SSSR count). The number of amides is 4. The maximum atomic E-state index is 12.5. The molecule has 0 saturated carbocycles. The third-order valence-corrected chi connectivity index (χ3v) is 9.52. The standard InChI is InChI=1S/C33H44N10O6S/c44-27(7-2-1-6-26-28-25(22-50-26)38-33(46)39-28)34-14-4-16-47-18-20-49-21-19-48-17-5-15-37-32(45)24-10-8-23(9-11-24)29-40-42-31(43-41-29)30-35-12-3-13-36-30/h3,8-13,25-26,28H,1-2,4-7,14-22H2,(H,34,44)(H,37,45)(H2,38,39,46)/t25-,26-,28-/m0/s1. The minimum atomic E-state index is -0.181. The third-order valence-electron chi connectivity index (χ3n) is 8.01. The van der Waals surface area contributed by atoms with E-state index in [-0.39, 0.29) is 35.8 Å². The first kappa shape index (κ1) is 36.9. The van der Waals surface area contributed by atoms with Crippen molar-refractivity contribution in [3.63, 3.8) is 0 Å². The summed E-state index contributed by atoms with van der Waals surface area (Å²) >= 11 is 1.90. The lowest BCUT2D eigenvalue weighted by molar-refractivity contribution is -0.121. The summed E-state index contributed by atoms with van der Waals surface area (Å²) in [6, 6.07) is 8.98. The Morgan fingerprint density at radius 3 is 2.10 bits per heavy atom. The van der Waals surface area contributed by atoms with Crippen LogP contribution in [0.15, 0.2) is 42.7 Å². The average Bonchev–Trinajstić information content (AvgIpc) is 3.71. The summed E-state index contributed by atoms with van der Waals surface area (Å²) in [6.45, 7) is 4.00. The Labute approximate surface area is 295 Å². The molecule has 4 N–H and O–H groups in total. The number of benzene rings is 1. The molecule has 3 atom stereocenters. The maximum Gasteiger partial charge on any atom is 0.315 e. The van der Waals surface area contributed by atoms with Crippen molar-refractivity contribution in [2.24, 2.45) is 0 Å². The first-order valence-corrected chi connectivity index (χ1v) is 18.0. The van der Waals surface area contributed by atoms with Gasteiger partial charge in [0.2, 0.25) is 23.4 Å². The number of aromatic nitrogens is 6. The Kier molecular flexibility index (Phi) is 15.1. The lowest BCUT2D eigenvalue weighted by Crippen LogP contribution is -2.36. The van der Waals surface area contributed by atoms with Crippen molar-refractivity contribution in [2.75, 3.05) is 58.5 Å². The molecule has 17 heteroatoms. The lowest BCUT2D eigenvalue weighted by atomic mass is 10.0. The molecule has 50 heavy (non-hydrogen) atoms. The molecule has 0 radical (unpaired) electrons. The van der Waals surface area contributed by atoms with Crippen LogP contribution in [-0.2, 0) is 19.0 Å². The van der Waals surface area contributed by atoms with E-state index in [2.05, 4.69) is 51.6 Å². The SMILES string of the molecule is O=C(CCCC[C@@H]1SC[C@@H]2NC(=O)N[C@@H]21)NCCCOCCOCCOCCCNC(=O)c1ccc(-c2nnc(-c3ncccn3)nn2)cc1. The number of hydrogen-bond acceptors (Lipinski definition) is 13. The normalized spacial score (nSPS) is 17.9. The molecule has 0 aliphatic carbocycles. The highest BCUT2D eigenvalue weighted by Gasteiger charge is 2.42. The van der Waals surface area contributed by atoms with Crippen LogP contribution in [0.1, 0.15) is 48.9 Å². The van der Waals surface area contributed by atoms with Crippen LogP contribution in [0.3, 0.4) is 0 Å². The van der Waals surface area contributed by atoms with Gasteiger partial charge >= 0.3 is 6.03 Å². The van der Waals surface area contributed by atoms with Crippen molar-refractivity contribution in [1.82, 2.24) is 51.6 Å². The number of hydrogen-bond donors (Lipinski definition) is 4. The fourth-order valence-electron chi connectivity index (χ4n) is 5.40. The molecule has 4 heterocycles. The Bertz CT molecular complexity index is 1490. The van der Waals surface area contributed by atoms with Gasteiger partial charge in [0.15, 0.2) is 0 Å². The van der Waals surface area contributed by atoms with Gasteiger partial charge in [-0.3, -0.25) is 9.59 Å². The zero-order valence-corrected chi connectivity index (χ0v) is 28.7. The summed E-state index contributed by atoms with van der Waals surface area (Å²) < 4.78 is 16.7. The van der Waals surface area contributed by atoms with Crippen molar-refractivity contribution >= 4 is 29.6 Å². The highest BCUT2D eigenvalue weighted by atomic mass is 32.2. The van der Waals surface area contributed by atoms with E-state index in [0.717, 1.165) is 31.4 Å². The number of nitrogens with one attached hydrogen (secondary N) is 4. The number of thioether (sulfide) groups is 1. The monoisotopic (exact) mass is 708 g/mol. The topological polar surface area (TPSA) is 204 Å². The van der Waals surface area contributed by atoms with Gasteiger partial charge in [0.1, 0.15) is 0 Å². The fourth-order valence-corrected chi connectivity index (χ4v) is 6.95. The molecule has 0 bridgehead atoms. The van der Waals surface area contributed by atoms with Crippen LogP contribution in [0, 0.1) is 0 Å².